The van der Waals surface area contributed by atoms with E-state index in [9.17, 15) is 10.1 Å². The standard InChI is InChI=1S/C13H18BrN3O2/c1-15-11-4-6-16(7-5-11)9-10-2-3-12(14)13(8-10)17(18)19/h2-3,8,11,15H,4-7,9H2,1H3. The highest BCUT2D eigenvalue weighted by Gasteiger charge is 2.19. The van der Waals surface area contributed by atoms with Crippen molar-refractivity contribution in [2.45, 2.75) is 25.4 Å². The van der Waals surface area contributed by atoms with Crippen LogP contribution in [-0.2, 0) is 6.54 Å². The summed E-state index contributed by atoms with van der Waals surface area (Å²) in [6, 6.07) is 5.97. The second kappa shape index (κ2) is 6.45. The lowest BCUT2D eigenvalue weighted by atomic mass is 10.0. The maximum Gasteiger partial charge on any atom is 0.283 e. The first-order chi connectivity index (χ1) is 9.10. The van der Waals surface area contributed by atoms with Gasteiger partial charge in [0.25, 0.3) is 5.69 Å². The molecule has 0 atom stereocenters. The van der Waals surface area contributed by atoms with E-state index in [1.54, 1.807) is 12.1 Å². The number of benzene rings is 1. The zero-order valence-corrected chi connectivity index (χ0v) is 12.5. The zero-order chi connectivity index (χ0) is 13.8. The Labute approximate surface area is 121 Å². The Morgan fingerprint density at radius 2 is 2.16 bits per heavy atom. The molecule has 1 N–H and O–H groups in total. The van der Waals surface area contributed by atoms with Gasteiger partial charge < -0.3 is 5.32 Å². The van der Waals surface area contributed by atoms with Gasteiger partial charge in [0, 0.05) is 18.7 Å². The highest BCUT2D eigenvalue weighted by molar-refractivity contribution is 9.10. The third kappa shape index (κ3) is 3.75. The maximum absolute atomic E-state index is 10.9. The van der Waals surface area contributed by atoms with Gasteiger partial charge in [0.1, 0.15) is 0 Å². The fraction of sp³-hybridized carbons (Fsp3) is 0.538. The van der Waals surface area contributed by atoms with E-state index in [-0.39, 0.29) is 10.6 Å². The van der Waals surface area contributed by atoms with Crippen molar-refractivity contribution in [3.8, 4) is 0 Å². The summed E-state index contributed by atoms with van der Waals surface area (Å²) in [5, 5.41) is 14.2. The Morgan fingerprint density at radius 3 is 2.74 bits per heavy atom. The Morgan fingerprint density at radius 1 is 1.47 bits per heavy atom. The lowest BCUT2D eigenvalue weighted by Gasteiger charge is -2.31. The molecule has 104 valence electrons. The van der Waals surface area contributed by atoms with Gasteiger partial charge in [-0.15, -0.1) is 0 Å². The molecule has 0 amide bonds. The molecule has 1 aliphatic heterocycles. The Hall–Kier alpha value is -0.980. The second-order valence-electron chi connectivity index (χ2n) is 4.88. The number of nitro benzene ring substituents is 1. The minimum atomic E-state index is -0.346. The van der Waals surface area contributed by atoms with Crippen molar-refractivity contribution in [2.24, 2.45) is 0 Å². The summed E-state index contributed by atoms with van der Waals surface area (Å²) in [5.74, 6) is 0. The van der Waals surface area contributed by atoms with Gasteiger partial charge in [-0.3, -0.25) is 15.0 Å². The molecule has 1 aliphatic rings. The first kappa shape index (κ1) is 14.4. The molecule has 5 nitrogen and oxygen atoms in total. The molecule has 0 aromatic heterocycles. The molecule has 1 fully saturated rings. The molecule has 0 aliphatic carbocycles. The van der Waals surface area contributed by atoms with Crippen molar-refractivity contribution in [3.63, 3.8) is 0 Å². The molecule has 1 aromatic carbocycles. The van der Waals surface area contributed by atoms with Crippen LogP contribution < -0.4 is 5.32 Å². The third-order valence-corrected chi connectivity index (χ3v) is 4.28. The average molecular weight is 328 g/mol. The quantitative estimate of drug-likeness (QED) is 0.682. The first-order valence-corrected chi connectivity index (χ1v) is 7.22. The van der Waals surface area contributed by atoms with Crippen LogP contribution >= 0.6 is 15.9 Å². The summed E-state index contributed by atoms with van der Waals surface area (Å²) in [5.41, 5.74) is 1.14. The molecule has 0 unspecified atom stereocenters. The second-order valence-corrected chi connectivity index (χ2v) is 5.74. The molecule has 6 heteroatoms. The zero-order valence-electron chi connectivity index (χ0n) is 10.9. The van der Waals surface area contributed by atoms with E-state index in [0.29, 0.717) is 10.5 Å². The summed E-state index contributed by atoms with van der Waals surface area (Å²) in [4.78, 5) is 12.9. The predicted octanol–water partition coefficient (Wildman–Crippen LogP) is 2.54. The van der Waals surface area contributed by atoms with Crippen molar-refractivity contribution in [1.82, 2.24) is 10.2 Å². The number of hydrogen-bond acceptors (Lipinski definition) is 4. The molecule has 0 bridgehead atoms. The molecular weight excluding hydrogens is 310 g/mol. The number of nitro groups is 1. The van der Waals surface area contributed by atoms with E-state index in [1.807, 2.05) is 13.1 Å². The number of halogens is 1. The van der Waals surface area contributed by atoms with Crippen LogP contribution in [0.3, 0.4) is 0 Å². The van der Waals surface area contributed by atoms with E-state index < -0.39 is 0 Å². The SMILES string of the molecule is CNC1CCN(Cc2ccc(Br)c([N+](=O)[O-])c2)CC1. The van der Waals surface area contributed by atoms with Gasteiger partial charge >= 0.3 is 0 Å². The van der Waals surface area contributed by atoms with Gasteiger partial charge in [0.05, 0.1) is 9.40 Å². The van der Waals surface area contributed by atoms with Crippen LogP contribution in [-0.4, -0.2) is 36.0 Å². The lowest BCUT2D eigenvalue weighted by molar-refractivity contribution is -0.385. The van der Waals surface area contributed by atoms with Crippen LogP contribution in [0, 0.1) is 10.1 Å². The third-order valence-electron chi connectivity index (χ3n) is 3.61. The maximum atomic E-state index is 10.9. The van der Waals surface area contributed by atoms with E-state index in [2.05, 4.69) is 26.1 Å². The van der Waals surface area contributed by atoms with E-state index in [1.165, 1.54) is 0 Å². The minimum absolute atomic E-state index is 0.141. The predicted molar refractivity (Wildman–Crippen MR) is 78.2 cm³/mol. The summed E-state index contributed by atoms with van der Waals surface area (Å²) in [7, 11) is 2.00. The Kier molecular flexibility index (Phi) is 4.90. The highest BCUT2D eigenvalue weighted by atomic mass is 79.9. The Balaban J connectivity index is 2.00. The lowest BCUT2D eigenvalue weighted by Crippen LogP contribution is -2.40. The molecular formula is C13H18BrN3O2. The molecule has 0 radical (unpaired) electrons. The van der Waals surface area contributed by atoms with Gasteiger partial charge in [-0.05, 0) is 60.5 Å². The first-order valence-electron chi connectivity index (χ1n) is 6.42. The number of nitrogens with zero attached hydrogens (tertiary/aromatic N) is 2. The normalized spacial score (nSPS) is 17.6. The average Bonchev–Trinajstić information content (AvgIpc) is 2.41. The van der Waals surface area contributed by atoms with Crippen LogP contribution in [0.4, 0.5) is 5.69 Å². The smallest absolute Gasteiger partial charge is 0.283 e. The molecule has 2 rings (SSSR count). The highest BCUT2D eigenvalue weighted by Crippen LogP contribution is 2.26. The summed E-state index contributed by atoms with van der Waals surface area (Å²) < 4.78 is 0.537. The molecule has 0 saturated carbocycles. The van der Waals surface area contributed by atoms with E-state index in [0.717, 1.165) is 38.0 Å². The monoisotopic (exact) mass is 327 g/mol. The summed E-state index contributed by atoms with van der Waals surface area (Å²) in [6.45, 7) is 2.86. The van der Waals surface area contributed by atoms with Gasteiger partial charge in [-0.2, -0.15) is 0 Å². The largest absolute Gasteiger partial charge is 0.317 e. The molecule has 1 saturated heterocycles. The van der Waals surface area contributed by atoms with Gasteiger partial charge in [0.2, 0.25) is 0 Å². The van der Waals surface area contributed by atoms with E-state index >= 15 is 0 Å². The molecule has 19 heavy (non-hydrogen) atoms. The van der Waals surface area contributed by atoms with Crippen LogP contribution in [0.1, 0.15) is 18.4 Å². The minimum Gasteiger partial charge on any atom is -0.317 e. The van der Waals surface area contributed by atoms with Crippen molar-refractivity contribution in [1.29, 1.82) is 0 Å². The fourth-order valence-corrected chi connectivity index (χ4v) is 2.83. The van der Waals surface area contributed by atoms with Gasteiger partial charge in [-0.25, -0.2) is 0 Å². The number of rotatable bonds is 4. The van der Waals surface area contributed by atoms with Crippen LogP contribution in [0.15, 0.2) is 22.7 Å². The molecule has 1 heterocycles. The van der Waals surface area contributed by atoms with Crippen molar-refractivity contribution < 1.29 is 4.92 Å². The van der Waals surface area contributed by atoms with Gasteiger partial charge in [0.15, 0.2) is 0 Å². The summed E-state index contributed by atoms with van der Waals surface area (Å²) in [6.07, 6.45) is 2.27. The van der Waals surface area contributed by atoms with Crippen LogP contribution in [0.2, 0.25) is 0 Å². The molecule has 0 spiro atoms. The summed E-state index contributed by atoms with van der Waals surface area (Å²) >= 11 is 3.21. The van der Waals surface area contributed by atoms with Crippen molar-refractivity contribution in [3.05, 3.63) is 38.3 Å². The van der Waals surface area contributed by atoms with E-state index in [4.69, 9.17) is 0 Å². The topological polar surface area (TPSA) is 58.4 Å². The number of hydrogen-bond donors (Lipinski definition) is 1. The number of likely N-dealkylation sites (tertiary alicyclic amines) is 1. The van der Waals surface area contributed by atoms with Crippen LogP contribution in [0.25, 0.3) is 0 Å². The fourth-order valence-electron chi connectivity index (χ4n) is 2.43. The van der Waals surface area contributed by atoms with Crippen molar-refractivity contribution >= 4 is 21.6 Å². The van der Waals surface area contributed by atoms with Gasteiger partial charge in [-0.1, -0.05) is 6.07 Å². The number of nitrogens with one attached hydrogen (secondary N) is 1. The Bertz CT molecular complexity index is 459. The number of piperidine rings is 1. The van der Waals surface area contributed by atoms with Crippen LogP contribution in [0.5, 0.6) is 0 Å². The van der Waals surface area contributed by atoms with Crippen molar-refractivity contribution in [2.75, 3.05) is 20.1 Å². The molecule has 1 aromatic rings.